The second kappa shape index (κ2) is 4.43. The third-order valence-electron chi connectivity index (χ3n) is 3.02. The minimum atomic E-state index is 0.420. The molecule has 2 atom stereocenters. The Bertz CT molecular complexity index is 271. The van der Waals surface area contributed by atoms with Crippen molar-refractivity contribution in [2.75, 3.05) is 6.54 Å². The van der Waals surface area contributed by atoms with E-state index in [-0.39, 0.29) is 0 Å². The Kier molecular flexibility index (Phi) is 3.21. The standard InChI is InChI=1S/C11H18N2S/c1-9-6-11(12)2-4-13(9)7-10-3-5-14-8-10/h3,5,8-9,11H,2,4,6-7,12H2,1H3. The van der Waals surface area contributed by atoms with E-state index in [4.69, 9.17) is 5.73 Å². The van der Waals surface area contributed by atoms with Crippen molar-refractivity contribution in [3.63, 3.8) is 0 Å². The zero-order valence-corrected chi connectivity index (χ0v) is 9.46. The molecule has 78 valence electrons. The topological polar surface area (TPSA) is 29.3 Å². The summed E-state index contributed by atoms with van der Waals surface area (Å²) in [5, 5.41) is 4.39. The zero-order chi connectivity index (χ0) is 9.97. The number of rotatable bonds is 2. The highest BCUT2D eigenvalue weighted by Gasteiger charge is 2.22. The number of nitrogens with two attached hydrogens (primary N) is 1. The molecule has 1 aromatic rings. The molecule has 0 spiro atoms. The van der Waals surface area contributed by atoms with Crippen LogP contribution < -0.4 is 5.73 Å². The molecule has 1 aliphatic heterocycles. The predicted molar refractivity (Wildman–Crippen MR) is 61.4 cm³/mol. The summed E-state index contributed by atoms with van der Waals surface area (Å²) < 4.78 is 0. The van der Waals surface area contributed by atoms with E-state index in [1.165, 1.54) is 5.56 Å². The van der Waals surface area contributed by atoms with Crippen molar-refractivity contribution >= 4 is 11.3 Å². The molecule has 2 heterocycles. The molecule has 2 nitrogen and oxygen atoms in total. The van der Waals surface area contributed by atoms with Gasteiger partial charge in [-0.3, -0.25) is 4.90 Å². The number of thiophene rings is 1. The molecule has 0 saturated carbocycles. The van der Waals surface area contributed by atoms with E-state index in [9.17, 15) is 0 Å². The molecule has 0 aliphatic carbocycles. The van der Waals surface area contributed by atoms with Crippen LogP contribution in [0.2, 0.25) is 0 Å². The molecule has 0 amide bonds. The summed E-state index contributed by atoms with van der Waals surface area (Å²) >= 11 is 1.78. The third kappa shape index (κ3) is 2.35. The first-order valence-electron chi connectivity index (χ1n) is 5.26. The van der Waals surface area contributed by atoms with Gasteiger partial charge in [-0.1, -0.05) is 0 Å². The molecule has 2 rings (SSSR count). The van der Waals surface area contributed by atoms with Crippen LogP contribution in [-0.4, -0.2) is 23.5 Å². The first-order valence-corrected chi connectivity index (χ1v) is 6.20. The number of nitrogens with zero attached hydrogens (tertiary/aromatic N) is 1. The largest absolute Gasteiger partial charge is 0.328 e. The van der Waals surface area contributed by atoms with Gasteiger partial charge in [-0.05, 0) is 42.2 Å². The molecular weight excluding hydrogens is 192 g/mol. The highest BCUT2D eigenvalue weighted by Crippen LogP contribution is 2.19. The van der Waals surface area contributed by atoms with E-state index >= 15 is 0 Å². The van der Waals surface area contributed by atoms with Crippen LogP contribution in [0.1, 0.15) is 25.3 Å². The van der Waals surface area contributed by atoms with Crippen LogP contribution in [-0.2, 0) is 6.54 Å². The Hall–Kier alpha value is -0.380. The molecule has 1 fully saturated rings. The number of hydrogen-bond acceptors (Lipinski definition) is 3. The second-order valence-corrected chi connectivity index (χ2v) is 5.02. The summed E-state index contributed by atoms with van der Waals surface area (Å²) in [6, 6.07) is 3.27. The Morgan fingerprint density at radius 3 is 3.14 bits per heavy atom. The number of hydrogen-bond donors (Lipinski definition) is 1. The van der Waals surface area contributed by atoms with E-state index in [0.717, 1.165) is 25.9 Å². The van der Waals surface area contributed by atoms with Gasteiger partial charge in [0.25, 0.3) is 0 Å². The number of likely N-dealkylation sites (tertiary alicyclic amines) is 1. The molecule has 1 aliphatic rings. The lowest BCUT2D eigenvalue weighted by Gasteiger charge is -2.36. The van der Waals surface area contributed by atoms with Crippen molar-refractivity contribution in [1.82, 2.24) is 4.90 Å². The van der Waals surface area contributed by atoms with Crippen LogP contribution in [0.5, 0.6) is 0 Å². The molecule has 2 N–H and O–H groups in total. The van der Waals surface area contributed by atoms with Gasteiger partial charge >= 0.3 is 0 Å². The molecule has 0 aromatic carbocycles. The predicted octanol–water partition coefficient (Wildman–Crippen LogP) is 2.06. The minimum Gasteiger partial charge on any atom is -0.328 e. The lowest BCUT2D eigenvalue weighted by Crippen LogP contribution is -2.44. The maximum atomic E-state index is 5.94. The van der Waals surface area contributed by atoms with Gasteiger partial charge in [0.1, 0.15) is 0 Å². The van der Waals surface area contributed by atoms with Gasteiger partial charge in [0.2, 0.25) is 0 Å². The van der Waals surface area contributed by atoms with Gasteiger partial charge < -0.3 is 5.73 Å². The van der Waals surface area contributed by atoms with Crippen molar-refractivity contribution in [3.05, 3.63) is 22.4 Å². The fourth-order valence-corrected chi connectivity index (χ4v) is 2.77. The molecular formula is C11H18N2S. The van der Waals surface area contributed by atoms with Crippen LogP contribution in [0.15, 0.2) is 16.8 Å². The maximum absolute atomic E-state index is 5.94. The lowest BCUT2D eigenvalue weighted by molar-refractivity contribution is 0.140. The average Bonchev–Trinajstić information content (AvgIpc) is 2.62. The quantitative estimate of drug-likeness (QED) is 0.809. The van der Waals surface area contributed by atoms with E-state index in [1.54, 1.807) is 11.3 Å². The van der Waals surface area contributed by atoms with E-state index < -0.39 is 0 Å². The fraction of sp³-hybridized carbons (Fsp3) is 0.636. The van der Waals surface area contributed by atoms with Crippen LogP contribution >= 0.6 is 11.3 Å². The SMILES string of the molecule is CC1CC(N)CCN1Cc1ccsc1. The van der Waals surface area contributed by atoms with Gasteiger partial charge in [-0.25, -0.2) is 0 Å². The van der Waals surface area contributed by atoms with E-state index in [0.29, 0.717) is 12.1 Å². The summed E-state index contributed by atoms with van der Waals surface area (Å²) in [7, 11) is 0. The van der Waals surface area contributed by atoms with Crippen molar-refractivity contribution in [2.24, 2.45) is 5.73 Å². The van der Waals surface area contributed by atoms with E-state index in [1.807, 2.05) is 0 Å². The van der Waals surface area contributed by atoms with Gasteiger partial charge in [-0.15, -0.1) is 0 Å². The second-order valence-electron chi connectivity index (χ2n) is 4.24. The minimum absolute atomic E-state index is 0.420. The lowest BCUT2D eigenvalue weighted by atomic mass is 9.99. The third-order valence-corrected chi connectivity index (χ3v) is 3.75. The Balaban J connectivity index is 1.92. The van der Waals surface area contributed by atoms with Crippen molar-refractivity contribution < 1.29 is 0 Å². The van der Waals surface area contributed by atoms with Crippen LogP contribution in [0.4, 0.5) is 0 Å². The monoisotopic (exact) mass is 210 g/mol. The Morgan fingerprint density at radius 1 is 1.64 bits per heavy atom. The fourth-order valence-electron chi connectivity index (χ4n) is 2.11. The van der Waals surface area contributed by atoms with Crippen LogP contribution in [0.3, 0.4) is 0 Å². The summed E-state index contributed by atoms with van der Waals surface area (Å²) in [6.45, 7) is 4.53. The highest BCUT2D eigenvalue weighted by molar-refractivity contribution is 7.07. The molecule has 2 unspecified atom stereocenters. The average molecular weight is 210 g/mol. The smallest absolute Gasteiger partial charge is 0.0244 e. The van der Waals surface area contributed by atoms with Gasteiger partial charge in [0, 0.05) is 25.2 Å². The highest BCUT2D eigenvalue weighted by atomic mass is 32.1. The van der Waals surface area contributed by atoms with Crippen molar-refractivity contribution in [2.45, 2.75) is 38.4 Å². The van der Waals surface area contributed by atoms with Crippen LogP contribution in [0, 0.1) is 0 Å². The maximum Gasteiger partial charge on any atom is 0.0244 e. The summed E-state index contributed by atoms with van der Waals surface area (Å²) in [4.78, 5) is 2.53. The first-order chi connectivity index (χ1) is 6.75. The molecule has 0 radical (unpaired) electrons. The Labute approximate surface area is 89.7 Å². The van der Waals surface area contributed by atoms with Gasteiger partial charge in [0.05, 0.1) is 0 Å². The van der Waals surface area contributed by atoms with Gasteiger partial charge in [0.15, 0.2) is 0 Å². The summed E-state index contributed by atoms with van der Waals surface area (Å²) in [6.07, 6.45) is 2.29. The van der Waals surface area contributed by atoms with Crippen molar-refractivity contribution in [3.8, 4) is 0 Å². The van der Waals surface area contributed by atoms with Crippen molar-refractivity contribution in [1.29, 1.82) is 0 Å². The Morgan fingerprint density at radius 2 is 2.50 bits per heavy atom. The first kappa shape index (κ1) is 10.1. The van der Waals surface area contributed by atoms with Gasteiger partial charge in [-0.2, -0.15) is 11.3 Å². The summed E-state index contributed by atoms with van der Waals surface area (Å²) in [5.41, 5.74) is 7.38. The van der Waals surface area contributed by atoms with E-state index in [2.05, 4.69) is 28.7 Å². The molecule has 0 bridgehead atoms. The molecule has 14 heavy (non-hydrogen) atoms. The normalized spacial score (nSPS) is 29.3. The molecule has 1 aromatic heterocycles. The zero-order valence-electron chi connectivity index (χ0n) is 8.65. The number of piperidine rings is 1. The molecule has 3 heteroatoms. The summed E-state index contributed by atoms with van der Waals surface area (Å²) in [5.74, 6) is 0. The van der Waals surface area contributed by atoms with Crippen LogP contribution in [0.25, 0.3) is 0 Å². The molecule has 1 saturated heterocycles.